The van der Waals surface area contributed by atoms with E-state index in [1.54, 1.807) is 19.9 Å². The Kier molecular flexibility index (Phi) is 5.75. The Hall–Kier alpha value is -3.62. The minimum atomic E-state index is -1.19. The predicted octanol–water partition coefficient (Wildman–Crippen LogP) is 4.33. The summed E-state index contributed by atoms with van der Waals surface area (Å²) in [7, 11) is 0. The molecule has 8 nitrogen and oxygen atoms in total. The zero-order chi connectivity index (χ0) is 25.1. The summed E-state index contributed by atoms with van der Waals surface area (Å²) in [6, 6.07) is 4.39. The third kappa shape index (κ3) is 3.55. The highest BCUT2D eigenvalue weighted by atomic mass is 16.5. The molecule has 8 heteroatoms. The van der Waals surface area contributed by atoms with Crippen LogP contribution in [0.15, 0.2) is 42.5 Å². The molecule has 2 aliphatic heterocycles. The molecule has 0 bridgehead atoms. The maximum Gasteiger partial charge on any atom is 0.173 e. The Bertz CT molecular complexity index is 1260. The van der Waals surface area contributed by atoms with Crippen LogP contribution in [0.2, 0.25) is 0 Å². The van der Waals surface area contributed by atoms with E-state index in [1.807, 2.05) is 0 Å². The molecule has 3 N–H and O–H groups in total. The fourth-order valence-corrected chi connectivity index (χ4v) is 4.45. The van der Waals surface area contributed by atoms with Gasteiger partial charge in [-0.3, -0.25) is 9.59 Å². The number of hydrogen-bond acceptors (Lipinski definition) is 8. The fraction of sp³-hybridized carbons (Fsp3) is 0.308. The van der Waals surface area contributed by atoms with Crippen LogP contribution in [0.5, 0.6) is 28.7 Å². The van der Waals surface area contributed by atoms with Gasteiger partial charge < -0.3 is 29.5 Å². The van der Waals surface area contributed by atoms with Gasteiger partial charge in [-0.05, 0) is 51.0 Å². The van der Waals surface area contributed by atoms with E-state index in [9.17, 15) is 24.9 Å². The Balaban J connectivity index is 1.84. The van der Waals surface area contributed by atoms with Gasteiger partial charge in [-0.25, -0.2) is 0 Å². The van der Waals surface area contributed by atoms with E-state index >= 15 is 0 Å². The number of phenols is 1. The van der Waals surface area contributed by atoms with E-state index in [0.717, 1.165) is 0 Å². The number of aromatic hydroxyl groups is 1. The number of aliphatic hydroxyl groups is 2. The zero-order valence-electron chi connectivity index (χ0n) is 19.3. The van der Waals surface area contributed by atoms with E-state index in [2.05, 4.69) is 13.2 Å². The second kappa shape index (κ2) is 8.30. The van der Waals surface area contributed by atoms with Gasteiger partial charge in [0.2, 0.25) is 0 Å². The molecule has 2 aliphatic rings. The second-order valence-corrected chi connectivity index (χ2v) is 8.73. The first-order valence-electron chi connectivity index (χ1n) is 10.7. The number of carbonyl (C=O) groups excluding carboxylic acids is 2. The summed E-state index contributed by atoms with van der Waals surface area (Å²) < 4.78 is 17.5. The van der Waals surface area contributed by atoms with Crippen LogP contribution in [0.3, 0.4) is 0 Å². The number of aliphatic hydroxyl groups excluding tert-OH is 2. The van der Waals surface area contributed by atoms with Crippen LogP contribution in [0.1, 0.15) is 71.7 Å². The highest BCUT2D eigenvalue weighted by Gasteiger charge is 2.40. The van der Waals surface area contributed by atoms with Crippen LogP contribution in [0.25, 0.3) is 0 Å². The topological polar surface area (TPSA) is 123 Å². The molecule has 2 aromatic carbocycles. The number of hydrogen-bond donors (Lipinski definition) is 3. The largest absolute Gasteiger partial charge is 0.504 e. The van der Waals surface area contributed by atoms with Crippen molar-refractivity contribution in [3.8, 4) is 28.7 Å². The summed E-state index contributed by atoms with van der Waals surface area (Å²) in [5, 5.41) is 32.4. The SMILES string of the molecule is C=C(C)[C@@H]1Oc2ccc(Oc3cc4c(c(C(C)=O)c3O)[C@@H](O)[C@H](C(=C)C)O4)c(C(C)=O)c2[C@H]1O. The third-order valence-corrected chi connectivity index (χ3v) is 6.00. The number of fused-ring (bicyclic) bond motifs is 2. The number of benzene rings is 2. The van der Waals surface area contributed by atoms with E-state index in [4.69, 9.17) is 14.2 Å². The smallest absolute Gasteiger partial charge is 0.173 e. The molecule has 0 spiro atoms. The van der Waals surface area contributed by atoms with Gasteiger partial charge in [0.1, 0.15) is 41.7 Å². The molecule has 178 valence electrons. The molecular weight excluding hydrogens is 440 g/mol. The number of phenolic OH excluding ortho intramolecular Hbond substituents is 1. The van der Waals surface area contributed by atoms with Crippen molar-refractivity contribution in [2.45, 2.75) is 52.1 Å². The van der Waals surface area contributed by atoms with E-state index < -0.39 is 41.7 Å². The molecule has 4 atom stereocenters. The van der Waals surface area contributed by atoms with Gasteiger partial charge in [0.25, 0.3) is 0 Å². The van der Waals surface area contributed by atoms with Crippen LogP contribution in [-0.2, 0) is 0 Å². The van der Waals surface area contributed by atoms with E-state index in [1.165, 1.54) is 26.0 Å². The first-order valence-corrected chi connectivity index (χ1v) is 10.7. The Morgan fingerprint density at radius 3 is 1.82 bits per heavy atom. The van der Waals surface area contributed by atoms with Crippen molar-refractivity contribution in [3.05, 3.63) is 64.8 Å². The summed E-state index contributed by atoms with van der Waals surface area (Å²) >= 11 is 0. The number of rotatable bonds is 6. The number of ether oxygens (including phenoxy) is 3. The van der Waals surface area contributed by atoms with E-state index in [0.29, 0.717) is 16.9 Å². The van der Waals surface area contributed by atoms with Crippen LogP contribution in [-0.4, -0.2) is 39.1 Å². The van der Waals surface area contributed by atoms with Crippen molar-refractivity contribution >= 4 is 11.6 Å². The molecule has 0 aromatic heterocycles. The summed E-state index contributed by atoms with van der Waals surface area (Å²) in [5.74, 6) is -0.993. The summed E-state index contributed by atoms with van der Waals surface area (Å²) in [5.41, 5.74) is 1.49. The van der Waals surface area contributed by atoms with Crippen LogP contribution in [0, 0.1) is 0 Å². The molecule has 34 heavy (non-hydrogen) atoms. The van der Waals surface area contributed by atoms with Crippen molar-refractivity contribution < 1.29 is 39.1 Å². The molecule has 2 heterocycles. The second-order valence-electron chi connectivity index (χ2n) is 8.73. The van der Waals surface area contributed by atoms with E-state index in [-0.39, 0.29) is 39.5 Å². The first kappa shape index (κ1) is 23.5. The number of ketones is 2. The molecular formula is C26H26O8. The van der Waals surface area contributed by atoms with Crippen LogP contribution < -0.4 is 14.2 Å². The van der Waals surface area contributed by atoms with Crippen molar-refractivity contribution in [1.82, 2.24) is 0 Å². The maximum atomic E-state index is 12.6. The van der Waals surface area contributed by atoms with Gasteiger partial charge in [-0.2, -0.15) is 0 Å². The van der Waals surface area contributed by atoms with Crippen molar-refractivity contribution in [3.63, 3.8) is 0 Å². The minimum absolute atomic E-state index is 0.0519. The van der Waals surface area contributed by atoms with Crippen molar-refractivity contribution in [2.75, 3.05) is 0 Å². The maximum absolute atomic E-state index is 12.6. The lowest BCUT2D eigenvalue weighted by Crippen LogP contribution is -2.19. The molecule has 0 saturated carbocycles. The molecule has 0 radical (unpaired) electrons. The molecule has 0 unspecified atom stereocenters. The third-order valence-electron chi connectivity index (χ3n) is 6.00. The first-order chi connectivity index (χ1) is 15.9. The molecule has 0 fully saturated rings. The molecule has 0 aliphatic carbocycles. The standard InChI is InChI=1S/C26H26O8/c1-10(2)25-23(30)20-15(33-25)8-7-14(18(20)12(5)27)32-17-9-16-21(19(13(6)28)22(17)29)24(31)26(34-16)11(3)4/h7-9,23-26,29-31H,1,3H2,2,4-6H3/t23-,24-,25+,26+/m1/s1. The number of carbonyl (C=O) groups is 2. The Labute approximate surface area is 196 Å². The summed E-state index contributed by atoms with van der Waals surface area (Å²) in [4.78, 5) is 25.0. The van der Waals surface area contributed by atoms with Gasteiger partial charge in [0.05, 0.1) is 11.1 Å². The van der Waals surface area contributed by atoms with Crippen molar-refractivity contribution in [2.24, 2.45) is 0 Å². The van der Waals surface area contributed by atoms with Gasteiger partial charge in [0, 0.05) is 17.2 Å². The lowest BCUT2D eigenvalue weighted by molar-refractivity contribution is 0.0880. The quantitative estimate of drug-likeness (QED) is 0.425. The van der Waals surface area contributed by atoms with Gasteiger partial charge in [-0.1, -0.05) is 13.2 Å². The summed E-state index contributed by atoms with van der Waals surface area (Å²) in [6.07, 6.45) is -3.83. The average molecular weight is 466 g/mol. The van der Waals surface area contributed by atoms with Gasteiger partial charge in [0.15, 0.2) is 23.1 Å². The molecule has 4 rings (SSSR count). The number of Topliss-reactive ketones (excluding diaryl/α,β-unsaturated/α-hetero) is 2. The normalized spacial score (nSPS) is 22.3. The monoisotopic (exact) mass is 466 g/mol. The highest BCUT2D eigenvalue weighted by Crippen LogP contribution is 2.51. The Morgan fingerprint density at radius 2 is 1.32 bits per heavy atom. The lowest BCUT2D eigenvalue weighted by Gasteiger charge is -2.17. The average Bonchev–Trinajstić information content (AvgIpc) is 3.25. The summed E-state index contributed by atoms with van der Waals surface area (Å²) in [6.45, 7) is 13.6. The Morgan fingerprint density at radius 1 is 0.824 bits per heavy atom. The van der Waals surface area contributed by atoms with Crippen molar-refractivity contribution in [1.29, 1.82) is 0 Å². The minimum Gasteiger partial charge on any atom is -0.504 e. The highest BCUT2D eigenvalue weighted by molar-refractivity contribution is 6.01. The predicted molar refractivity (Wildman–Crippen MR) is 123 cm³/mol. The molecule has 0 saturated heterocycles. The fourth-order valence-electron chi connectivity index (χ4n) is 4.45. The lowest BCUT2D eigenvalue weighted by atomic mass is 9.94. The molecule has 2 aromatic rings. The molecule has 0 amide bonds. The van der Waals surface area contributed by atoms with Gasteiger partial charge in [-0.15, -0.1) is 0 Å². The van der Waals surface area contributed by atoms with Crippen LogP contribution >= 0.6 is 0 Å². The zero-order valence-corrected chi connectivity index (χ0v) is 19.3. The van der Waals surface area contributed by atoms with Gasteiger partial charge >= 0.3 is 0 Å². The van der Waals surface area contributed by atoms with Crippen LogP contribution in [0.4, 0.5) is 0 Å².